The molecule has 0 amide bonds. The minimum Gasteiger partial charge on any atom is -0.305 e. The van der Waals surface area contributed by atoms with Crippen LogP contribution in [0.15, 0.2) is 0 Å². The molecule has 0 bridgehead atoms. The molecule has 0 heterocycles. The van der Waals surface area contributed by atoms with E-state index in [1.165, 1.54) is 6.26 Å². The third-order valence-corrected chi connectivity index (χ3v) is 4.25. The van der Waals surface area contributed by atoms with Crippen molar-refractivity contribution in [3.05, 3.63) is 0 Å². The lowest BCUT2D eigenvalue weighted by Gasteiger charge is -2.28. The first-order chi connectivity index (χ1) is 5.27. The molecule has 1 unspecified atom stereocenters. The number of nitrogens with one attached hydrogen (secondary N) is 1. The van der Waals surface area contributed by atoms with Gasteiger partial charge in [-0.15, -0.1) is 6.42 Å². The van der Waals surface area contributed by atoms with Crippen LogP contribution in [0.4, 0.5) is 0 Å². The van der Waals surface area contributed by atoms with Gasteiger partial charge in [0.1, 0.15) is 0 Å². The Morgan fingerprint density at radius 3 is 2.00 bits per heavy atom. The Kier molecular flexibility index (Phi) is 3.31. The number of hydrogen-bond donors (Lipinski definition) is 1. The van der Waals surface area contributed by atoms with Gasteiger partial charge in [-0.2, -0.15) is 0 Å². The number of terminal acetylenes is 1. The van der Waals surface area contributed by atoms with Gasteiger partial charge in [-0.05, 0) is 20.9 Å². The summed E-state index contributed by atoms with van der Waals surface area (Å²) >= 11 is 0. The molecule has 3 nitrogen and oxygen atoms in total. The van der Waals surface area contributed by atoms with E-state index in [0.717, 1.165) is 0 Å². The summed E-state index contributed by atoms with van der Waals surface area (Å²) in [7, 11) is -1.48. The molecule has 1 N–H and O–H groups in total. The Hall–Kier alpha value is -0.530. The van der Waals surface area contributed by atoms with Crippen molar-refractivity contribution in [2.75, 3.05) is 13.3 Å². The van der Waals surface area contributed by atoms with Crippen LogP contribution in [0.1, 0.15) is 13.8 Å². The van der Waals surface area contributed by atoms with Crippen LogP contribution in [0.3, 0.4) is 0 Å². The van der Waals surface area contributed by atoms with Gasteiger partial charge in [-0.3, -0.25) is 0 Å². The maximum atomic E-state index is 11.3. The fourth-order valence-electron chi connectivity index (χ4n) is 0.846. The van der Waals surface area contributed by atoms with Crippen molar-refractivity contribution in [1.82, 2.24) is 5.32 Å². The van der Waals surface area contributed by atoms with E-state index < -0.39 is 20.6 Å². The van der Waals surface area contributed by atoms with Crippen LogP contribution in [0.25, 0.3) is 0 Å². The lowest BCUT2D eigenvalue weighted by Crippen LogP contribution is -2.49. The molecule has 0 aliphatic carbocycles. The average Bonchev–Trinajstić information content (AvgIpc) is 1.87. The molecule has 70 valence electrons. The summed E-state index contributed by atoms with van der Waals surface area (Å²) in [5.74, 6) is 2.41. The average molecular weight is 189 g/mol. The highest BCUT2D eigenvalue weighted by Gasteiger charge is 2.37. The minimum atomic E-state index is -3.13. The number of sulfone groups is 1. The number of rotatable bonds is 3. The van der Waals surface area contributed by atoms with Crippen LogP contribution < -0.4 is 5.32 Å². The molecule has 0 aromatic carbocycles. The van der Waals surface area contributed by atoms with Crippen LogP contribution in [0.2, 0.25) is 0 Å². The smallest absolute Gasteiger partial charge is 0.155 e. The summed E-state index contributed by atoms with van der Waals surface area (Å²) in [6, 6.07) is -0.451. The summed E-state index contributed by atoms with van der Waals surface area (Å²) in [6.07, 6.45) is 6.38. The molecule has 0 fully saturated rings. The van der Waals surface area contributed by atoms with Crippen LogP contribution in [0, 0.1) is 12.3 Å². The Bertz CT molecular complexity index is 285. The zero-order chi connectivity index (χ0) is 9.99. The molecule has 0 saturated heterocycles. The van der Waals surface area contributed by atoms with Gasteiger partial charge in [-0.25, -0.2) is 8.42 Å². The first-order valence-corrected chi connectivity index (χ1v) is 5.49. The summed E-state index contributed by atoms with van der Waals surface area (Å²) in [6.45, 7) is 3.23. The maximum absolute atomic E-state index is 11.3. The monoisotopic (exact) mass is 189 g/mol. The SMILES string of the molecule is C#CC(NC)C(C)(C)S(C)(=O)=O. The second-order valence-electron chi connectivity index (χ2n) is 3.26. The Labute approximate surface area is 74.5 Å². The highest BCUT2D eigenvalue weighted by Crippen LogP contribution is 2.19. The number of hydrogen-bond acceptors (Lipinski definition) is 3. The summed E-state index contributed by atoms with van der Waals surface area (Å²) in [4.78, 5) is 0. The summed E-state index contributed by atoms with van der Waals surface area (Å²) < 4.78 is 21.6. The van der Waals surface area contributed by atoms with Crippen LogP contribution >= 0.6 is 0 Å². The minimum absolute atomic E-state index is 0.451. The highest BCUT2D eigenvalue weighted by molar-refractivity contribution is 7.92. The standard InChI is InChI=1S/C8H15NO2S/c1-6-7(9-4)8(2,3)12(5,10)11/h1,7,9H,2-5H3. The van der Waals surface area contributed by atoms with Crippen molar-refractivity contribution in [1.29, 1.82) is 0 Å². The molecular weight excluding hydrogens is 174 g/mol. The van der Waals surface area contributed by atoms with Crippen molar-refractivity contribution in [2.45, 2.75) is 24.6 Å². The van der Waals surface area contributed by atoms with Crippen molar-refractivity contribution < 1.29 is 8.42 Å². The van der Waals surface area contributed by atoms with Gasteiger partial charge in [0, 0.05) is 6.26 Å². The van der Waals surface area contributed by atoms with Crippen molar-refractivity contribution in [2.24, 2.45) is 0 Å². The van der Waals surface area contributed by atoms with Crippen LogP contribution in [-0.4, -0.2) is 32.5 Å². The zero-order valence-electron chi connectivity index (χ0n) is 7.88. The highest BCUT2D eigenvalue weighted by atomic mass is 32.2. The van der Waals surface area contributed by atoms with Gasteiger partial charge in [0.2, 0.25) is 0 Å². The summed E-state index contributed by atoms with van der Waals surface area (Å²) in [5, 5.41) is 2.78. The lowest BCUT2D eigenvalue weighted by molar-refractivity contribution is 0.497. The van der Waals surface area contributed by atoms with E-state index in [9.17, 15) is 8.42 Å². The Morgan fingerprint density at radius 2 is 1.92 bits per heavy atom. The fourth-order valence-corrected chi connectivity index (χ4v) is 1.46. The Balaban J connectivity index is 5.00. The molecule has 0 spiro atoms. The van der Waals surface area contributed by atoms with Gasteiger partial charge in [0.05, 0.1) is 10.8 Å². The lowest BCUT2D eigenvalue weighted by atomic mass is 10.0. The van der Waals surface area contributed by atoms with Gasteiger partial charge >= 0.3 is 0 Å². The molecule has 0 aromatic rings. The van der Waals surface area contributed by atoms with Gasteiger partial charge in [-0.1, -0.05) is 5.92 Å². The molecule has 12 heavy (non-hydrogen) atoms. The van der Waals surface area contributed by atoms with Crippen LogP contribution in [-0.2, 0) is 9.84 Å². The first kappa shape index (κ1) is 11.5. The van der Waals surface area contributed by atoms with E-state index in [4.69, 9.17) is 6.42 Å². The molecular formula is C8H15NO2S. The second kappa shape index (κ2) is 3.46. The Morgan fingerprint density at radius 1 is 1.50 bits per heavy atom. The van der Waals surface area contributed by atoms with Crippen LogP contribution in [0.5, 0.6) is 0 Å². The van der Waals surface area contributed by atoms with Gasteiger partial charge < -0.3 is 5.32 Å². The van der Waals surface area contributed by atoms with E-state index in [1.54, 1.807) is 20.9 Å². The third kappa shape index (κ3) is 1.99. The molecule has 0 aliphatic heterocycles. The van der Waals surface area contributed by atoms with Crippen molar-refractivity contribution >= 4 is 9.84 Å². The second-order valence-corrected chi connectivity index (χ2v) is 5.86. The largest absolute Gasteiger partial charge is 0.305 e. The molecule has 4 heteroatoms. The molecule has 1 atom stereocenters. The predicted octanol–water partition coefficient (Wildman–Crippen LogP) is 0.0308. The van der Waals surface area contributed by atoms with E-state index in [0.29, 0.717) is 0 Å². The van der Waals surface area contributed by atoms with E-state index in [1.807, 2.05) is 0 Å². The zero-order valence-corrected chi connectivity index (χ0v) is 8.70. The quantitative estimate of drug-likeness (QED) is 0.637. The topological polar surface area (TPSA) is 46.2 Å². The molecule has 0 saturated carbocycles. The van der Waals surface area contributed by atoms with Crippen molar-refractivity contribution in [3.8, 4) is 12.3 Å². The molecule has 0 radical (unpaired) electrons. The predicted molar refractivity (Wildman–Crippen MR) is 50.6 cm³/mol. The third-order valence-electron chi connectivity index (χ3n) is 2.11. The molecule has 0 aromatic heterocycles. The molecule has 0 rings (SSSR count). The van der Waals surface area contributed by atoms with Crippen molar-refractivity contribution in [3.63, 3.8) is 0 Å². The summed E-state index contributed by atoms with van der Waals surface area (Å²) in [5.41, 5.74) is 0. The normalized spacial score (nSPS) is 15.2. The van der Waals surface area contributed by atoms with E-state index in [-0.39, 0.29) is 0 Å². The first-order valence-electron chi connectivity index (χ1n) is 3.60. The maximum Gasteiger partial charge on any atom is 0.155 e. The van der Waals surface area contributed by atoms with E-state index in [2.05, 4.69) is 11.2 Å². The van der Waals surface area contributed by atoms with Gasteiger partial charge in [0.15, 0.2) is 9.84 Å². The molecule has 0 aliphatic rings. The fraction of sp³-hybridized carbons (Fsp3) is 0.750. The van der Waals surface area contributed by atoms with Gasteiger partial charge in [0.25, 0.3) is 0 Å². The van der Waals surface area contributed by atoms with E-state index >= 15 is 0 Å².